The number of para-hydroxylation sites is 1. The maximum atomic E-state index is 13.2. The molecule has 0 atom stereocenters. The van der Waals surface area contributed by atoms with Crippen LogP contribution in [-0.4, -0.2) is 46.2 Å². The number of rotatable bonds is 6. The number of imide groups is 1. The van der Waals surface area contributed by atoms with E-state index >= 15 is 0 Å². The van der Waals surface area contributed by atoms with Gasteiger partial charge >= 0.3 is 0 Å². The minimum Gasteiger partial charge on any atom is -0.493 e. The molecule has 31 heavy (non-hydrogen) atoms. The standard InChI is InChI=1S/C24H26N2O5/c1-29-20-14-18(15-21(30-2)23(20)31-3)26-22(27)13-17(24(26)28)12-16-8-4-5-9-19(16)25-10-6-7-11-25/h4-5,8-9,12,14-15H,6-7,10-11,13H2,1-3H3/b17-12+. The summed E-state index contributed by atoms with van der Waals surface area (Å²) in [5.41, 5.74) is 2.90. The topological polar surface area (TPSA) is 68.3 Å². The Bertz CT molecular complexity index is 1020. The molecular formula is C24H26N2O5. The molecule has 0 aliphatic carbocycles. The molecular weight excluding hydrogens is 396 g/mol. The number of benzene rings is 2. The molecule has 162 valence electrons. The van der Waals surface area contributed by atoms with Crippen LogP contribution in [0.2, 0.25) is 0 Å². The normalized spacial score (nSPS) is 17.6. The third-order valence-electron chi connectivity index (χ3n) is 5.69. The first-order valence-corrected chi connectivity index (χ1v) is 10.3. The molecule has 0 aromatic heterocycles. The monoisotopic (exact) mass is 422 g/mol. The van der Waals surface area contributed by atoms with E-state index in [0.717, 1.165) is 37.2 Å². The maximum absolute atomic E-state index is 13.2. The molecule has 2 aromatic carbocycles. The number of carbonyl (C=O) groups excluding carboxylic acids is 2. The number of amides is 2. The van der Waals surface area contributed by atoms with Gasteiger partial charge in [-0.15, -0.1) is 0 Å². The van der Waals surface area contributed by atoms with Crippen LogP contribution in [0.3, 0.4) is 0 Å². The van der Waals surface area contributed by atoms with Crippen LogP contribution >= 0.6 is 0 Å². The molecule has 0 saturated carbocycles. The summed E-state index contributed by atoms with van der Waals surface area (Å²) in [5.74, 6) is 0.548. The summed E-state index contributed by atoms with van der Waals surface area (Å²) < 4.78 is 16.1. The van der Waals surface area contributed by atoms with E-state index in [1.54, 1.807) is 12.1 Å². The predicted molar refractivity (Wildman–Crippen MR) is 119 cm³/mol. The maximum Gasteiger partial charge on any atom is 0.261 e. The van der Waals surface area contributed by atoms with Crippen molar-refractivity contribution in [2.24, 2.45) is 0 Å². The van der Waals surface area contributed by atoms with E-state index in [1.165, 1.54) is 26.2 Å². The highest BCUT2D eigenvalue weighted by molar-refractivity contribution is 6.29. The minimum atomic E-state index is -0.338. The Balaban J connectivity index is 1.70. The first-order chi connectivity index (χ1) is 15.1. The number of hydrogen-bond donors (Lipinski definition) is 0. The summed E-state index contributed by atoms with van der Waals surface area (Å²) in [4.78, 5) is 29.5. The van der Waals surface area contributed by atoms with Crippen LogP contribution in [0.15, 0.2) is 42.0 Å². The third-order valence-corrected chi connectivity index (χ3v) is 5.69. The summed E-state index contributed by atoms with van der Waals surface area (Å²) in [6.45, 7) is 2.01. The Kier molecular flexibility index (Phi) is 5.84. The predicted octanol–water partition coefficient (Wildman–Crippen LogP) is 3.66. The van der Waals surface area contributed by atoms with E-state index in [-0.39, 0.29) is 18.2 Å². The van der Waals surface area contributed by atoms with Gasteiger partial charge in [-0.1, -0.05) is 18.2 Å². The fraction of sp³-hybridized carbons (Fsp3) is 0.333. The van der Waals surface area contributed by atoms with Gasteiger partial charge in [-0.2, -0.15) is 0 Å². The molecule has 2 heterocycles. The van der Waals surface area contributed by atoms with Gasteiger partial charge in [0.05, 0.1) is 33.4 Å². The van der Waals surface area contributed by atoms with E-state index in [1.807, 2.05) is 24.3 Å². The zero-order chi connectivity index (χ0) is 22.0. The van der Waals surface area contributed by atoms with Crippen molar-refractivity contribution < 1.29 is 23.8 Å². The molecule has 0 unspecified atom stereocenters. The fourth-order valence-electron chi connectivity index (χ4n) is 4.19. The van der Waals surface area contributed by atoms with Crippen LogP contribution in [0.25, 0.3) is 6.08 Å². The number of ether oxygens (including phenoxy) is 3. The molecule has 2 fully saturated rings. The van der Waals surface area contributed by atoms with E-state index in [4.69, 9.17) is 14.2 Å². The van der Waals surface area contributed by atoms with Crippen molar-refractivity contribution in [2.75, 3.05) is 44.2 Å². The van der Waals surface area contributed by atoms with Crippen LogP contribution in [0.5, 0.6) is 17.2 Å². The SMILES string of the molecule is COc1cc(N2C(=O)C/C(=C\c3ccccc3N3CCCC3)C2=O)cc(OC)c1OC. The lowest BCUT2D eigenvalue weighted by molar-refractivity contribution is -0.120. The van der Waals surface area contributed by atoms with E-state index in [9.17, 15) is 9.59 Å². The largest absolute Gasteiger partial charge is 0.493 e. The van der Waals surface area contributed by atoms with Crippen molar-refractivity contribution in [3.8, 4) is 17.2 Å². The molecule has 4 rings (SSSR count). The average Bonchev–Trinajstić information content (AvgIpc) is 3.41. The number of carbonyl (C=O) groups is 2. The van der Waals surface area contributed by atoms with Crippen LogP contribution in [0.1, 0.15) is 24.8 Å². The summed E-state index contributed by atoms with van der Waals surface area (Å²) in [7, 11) is 4.50. The van der Waals surface area contributed by atoms with E-state index in [2.05, 4.69) is 11.0 Å². The lowest BCUT2D eigenvalue weighted by Crippen LogP contribution is -2.29. The highest BCUT2D eigenvalue weighted by Gasteiger charge is 2.36. The second kappa shape index (κ2) is 8.71. The molecule has 0 radical (unpaired) electrons. The van der Waals surface area contributed by atoms with Crippen molar-refractivity contribution >= 4 is 29.3 Å². The Morgan fingerprint density at radius 2 is 1.55 bits per heavy atom. The van der Waals surface area contributed by atoms with Gasteiger partial charge in [0.15, 0.2) is 11.5 Å². The lowest BCUT2D eigenvalue weighted by Gasteiger charge is -2.20. The van der Waals surface area contributed by atoms with Gasteiger partial charge in [0.1, 0.15) is 0 Å². The highest BCUT2D eigenvalue weighted by Crippen LogP contribution is 2.42. The third kappa shape index (κ3) is 3.83. The summed E-state index contributed by atoms with van der Waals surface area (Å²) >= 11 is 0. The van der Waals surface area contributed by atoms with Gasteiger partial charge in [-0.05, 0) is 30.5 Å². The summed E-state index contributed by atoms with van der Waals surface area (Å²) in [6.07, 6.45) is 4.21. The molecule has 7 nitrogen and oxygen atoms in total. The fourth-order valence-corrected chi connectivity index (χ4v) is 4.19. The van der Waals surface area contributed by atoms with Crippen molar-refractivity contribution in [3.05, 3.63) is 47.5 Å². The van der Waals surface area contributed by atoms with E-state index < -0.39 is 0 Å². The number of hydrogen-bond acceptors (Lipinski definition) is 6. The van der Waals surface area contributed by atoms with Crippen molar-refractivity contribution in [3.63, 3.8) is 0 Å². The number of methoxy groups -OCH3 is 3. The Hall–Kier alpha value is -3.48. The summed E-state index contributed by atoms with van der Waals surface area (Å²) in [6, 6.07) is 11.2. The van der Waals surface area contributed by atoms with Crippen molar-refractivity contribution in [1.29, 1.82) is 0 Å². The molecule has 7 heteroatoms. The van der Waals surface area contributed by atoms with Gasteiger partial charge in [0.2, 0.25) is 11.7 Å². The second-order valence-corrected chi connectivity index (χ2v) is 7.52. The van der Waals surface area contributed by atoms with Crippen LogP contribution in [0, 0.1) is 0 Å². The van der Waals surface area contributed by atoms with E-state index in [0.29, 0.717) is 28.5 Å². The van der Waals surface area contributed by atoms with Crippen LogP contribution in [-0.2, 0) is 9.59 Å². The van der Waals surface area contributed by atoms with Crippen molar-refractivity contribution in [2.45, 2.75) is 19.3 Å². The zero-order valence-corrected chi connectivity index (χ0v) is 18.0. The highest BCUT2D eigenvalue weighted by atomic mass is 16.5. The van der Waals surface area contributed by atoms with Crippen LogP contribution < -0.4 is 24.0 Å². The van der Waals surface area contributed by atoms with Crippen LogP contribution in [0.4, 0.5) is 11.4 Å². The zero-order valence-electron chi connectivity index (χ0n) is 18.0. The molecule has 0 bridgehead atoms. The Labute approximate surface area is 181 Å². The summed E-state index contributed by atoms with van der Waals surface area (Å²) in [5, 5.41) is 0. The molecule has 2 saturated heterocycles. The molecule has 2 amide bonds. The van der Waals surface area contributed by atoms with Gasteiger partial charge in [0.25, 0.3) is 5.91 Å². The Morgan fingerprint density at radius 3 is 2.16 bits per heavy atom. The molecule has 2 aliphatic heterocycles. The molecule has 0 spiro atoms. The second-order valence-electron chi connectivity index (χ2n) is 7.52. The first-order valence-electron chi connectivity index (χ1n) is 10.3. The minimum absolute atomic E-state index is 0.0455. The van der Waals surface area contributed by atoms with Gasteiger partial charge in [-0.25, -0.2) is 4.90 Å². The number of anilines is 2. The lowest BCUT2D eigenvalue weighted by atomic mass is 10.1. The van der Waals surface area contributed by atoms with Gasteiger partial charge < -0.3 is 19.1 Å². The molecule has 2 aromatic rings. The molecule has 2 aliphatic rings. The Morgan fingerprint density at radius 1 is 0.903 bits per heavy atom. The van der Waals surface area contributed by atoms with Gasteiger partial charge in [0, 0.05) is 36.5 Å². The average molecular weight is 422 g/mol. The van der Waals surface area contributed by atoms with Gasteiger partial charge in [-0.3, -0.25) is 9.59 Å². The molecule has 0 N–H and O–H groups in total. The quantitative estimate of drug-likeness (QED) is 0.523. The first kappa shape index (κ1) is 20.8. The number of nitrogens with zero attached hydrogens (tertiary/aromatic N) is 2. The smallest absolute Gasteiger partial charge is 0.261 e. The van der Waals surface area contributed by atoms with Crippen molar-refractivity contribution in [1.82, 2.24) is 0 Å².